The molecule has 0 amide bonds. The van der Waals surface area contributed by atoms with Crippen LogP contribution in [0, 0.1) is 0 Å². The van der Waals surface area contributed by atoms with Crippen LogP contribution in [0.3, 0.4) is 0 Å². The van der Waals surface area contributed by atoms with Crippen molar-refractivity contribution in [2.24, 2.45) is 0 Å². The van der Waals surface area contributed by atoms with Crippen LogP contribution < -0.4 is 18.0 Å². The lowest BCUT2D eigenvalue weighted by atomic mass is 10.3. The Morgan fingerprint density at radius 3 is 1.70 bits per heavy atom. The van der Waals surface area contributed by atoms with Gasteiger partial charge in [0, 0.05) is 5.69 Å². The molecule has 1 aromatic carbocycles. The second-order valence-electron chi connectivity index (χ2n) is 1.59. The highest BCUT2D eigenvalue weighted by atomic mass is 16.3. The third kappa shape index (κ3) is 2.91. The Labute approximate surface area is 59.8 Å². The number of hydrogen-bond donors (Lipinski definition) is 4. The van der Waals surface area contributed by atoms with Gasteiger partial charge in [-0.2, -0.15) is 0 Å². The molecular formula is C6H13N3O. The van der Waals surface area contributed by atoms with Crippen LogP contribution in [0.25, 0.3) is 0 Å². The van der Waals surface area contributed by atoms with Gasteiger partial charge >= 0.3 is 0 Å². The van der Waals surface area contributed by atoms with E-state index in [-0.39, 0.29) is 18.1 Å². The molecule has 58 valence electrons. The van der Waals surface area contributed by atoms with Gasteiger partial charge in [-0.1, -0.05) is 0 Å². The van der Waals surface area contributed by atoms with E-state index in [1.165, 1.54) is 0 Å². The van der Waals surface area contributed by atoms with Crippen molar-refractivity contribution in [3.8, 4) is 5.75 Å². The maximum atomic E-state index is 8.70. The minimum absolute atomic E-state index is 0. The lowest BCUT2D eigenvalue weighted by molar-refractivity contribution is 0.475. The van der Waals surface area contributed by atoms with Crippen LogP contribution in [0.4, 0.5) is 5.69 Å². The molecule has 0 aliphatic carbocycles. The van der Waals surface area contributed by atoms with Crippen LogP contribution in [0.2, 0.25) is 0 Å². The summed E-state index contributed by atoms with van der Waals surface area (Å²) in [6.45, 7) is 0. The maximum Gasteiger partial charge on any atom is 0.115 e. The Hall–Kier alpha value is -1.26. The van der Waals surface area contributed by atoms with Gasteiger partial charge in [-0.3, -0.25) is 0 Å². The smallest absolute Gasteiger partial charge is 0.115 e. The predicted molar refractivity (Wildman–Crippen MR) is 42.6 cm³/mol. The number of aromatic hydroxyl groups is 1. The number of nitrogens with two attached hydrogens (primary N) is 1. The van der Waals surface area contributed by atoms with Gasteiger partial charge in [0.05, 0.1) is 0 Å². The molecule has 1 aromatic rings. The average molecular weight is 143 g/mol. The monoisotopic (exact) mass is 143 g/mol. The molecular weight excluding hydrogens is 130 g/mol. The fourth-order valence-electron chi connectivity index (χ4n) is 0.474. The van der Waals surface area contributed by atoms with Crippen molar-refractivity contribution in [1.29, 1.82) is 0 Å². The molecule has 0 atom stereocenters. The molecule has 0 radical (unpaired) electrons. The van der Waals surface area contributed by atoms with Crippen molar-refractivity contribution in [3.63, 3.8) is 0 Å². The van der Waals surface area contributed by atoms with E-state index < -0.39 is 0 Å². The van der Waals surface area contributed by atoms with Crippen molar-refractivity contribution >= 4 is 5.69 Å². The minimum Gasteiger partial charge on any atom is -0.508 e. The van der Waals surface area contributed by atoms with Gasteiger partial charge in [-0.25, -0.2) is 0 Å². The van der Waals surface area contributed by atoms with Crippen LogP contribution in [0.1, 0.15) is 0 Å². The second kappa shape index (κ2) is 4.60. The Bertz CT molecular complexity index is 152. The summed E-state index contributed by atoms with van der Waals surface area (Å²) in [6, 6.07) is 6.40. The van der Waals surface area contributed by atoms with E-state index in [0.29, 0.717) is 5.69 Å². The van der Waals surface area contributed by atoms with E-state index in [1.54, 1.807) is 24.3 Å². The van der Waals surface area contributed by atoms with Crippen molar-refractivity contribution in [2.75, 3.05) is 5.73 Å². The molecule has 1 rings (SSSR count). The van der Waals surface area contributed by atoms with Gasteiger partial charge in [0.15, 0.2) is 0 Å². The van der Waals surface area contributed by atoms with Gasteiger partial charge in [0.1, 0.15) is 5.75 Å². The van der Waals surface area contributed by atoms with E-state index >= 15 is 0 Å². The first-order chi connectivity index (χ1) is 3.79. The first-order valence-corrected chi connectivity index (χ1v) is 2.33. The normalized spacial score (nSPS) is 7.20. The van der Waals surface area contributed by atoms with Crippen LogP contribution in [-0.2, 0) is 0 Å². The molecule has 0 heterocycles. The van der Waals surface area contributed by atoms with E-state index in [9.17, 15) is 0 Å². The quantitative estimate of drug-likeness (QED) is 0.323. The summed E-state index contributed by atoms with van der Waals surface area (Å²) in [6.07, 6.45) is 0. The Morgan fingerprint density at radius 2 is 1.40 bits per heavy atom. The Morgan fingerprint density at radius 1 is 1.00 bits per heavy atom. The summed E-state index contributed by atoms with van der Waals surface area (Å²) in [5, 5.41) is 8.70. The summed E-state index contributed by atoms with van der Waals surface area (Å²) < 4.78 is 0. The van der Waals surface area contributed by atoms with Crippen LogP contribution in [-0.4, -0.2) is 5.11 Å². The van der Waals surface area contributed by atoms with Crippen molar-refractivity contribution in [1.82, 2.24) is 12.3 Å². The summed E-state index contributed by atoms with van der Waals surface area (Å²) in [5.74, 6) is 0.249. The van der Waals surface area contributed by atoms with Crippen LogP contribution >= 0.6 is 0 Å². The number of anilines is 1. The molecule has 0 bridgehead atoms. The van der Waals surface area contributed by atoms with Crippen molar-refractivity contribution in [3.05, 3.63) is 24.3 Å². The molecule has 0 aliphatic rings. The van der Waals surface area contributed by atoms with Crippen molar-refractivity contribution in [2.45, 2.75) is 0 Å². The zero-order chi connectivity index (χ0) is 5.98. The number of benzene rings is 1. The largest absolute Gasteiger partial charge is 0.508 e. The molecule has 0 fully saturated rings. The number of rotatable bonds is 0. The summed E-state index contributed by atoms with van der Waals surface area (Å²) >= 11 is 0. The molecule has 0 aromatic heterocycles. The van der Waals surface area contributed by atoms with Crippen LogP contribution in [0.5, 0.6) is 5.75 Å². The fourth-order valence-corrected chi connectivity index (χ4v) is 0.474. The molecule has 0 aliphatic heterocycles. The zero-order valence-corrected chi connectivity index (χ0v) is 5.75. The summed E-state index contributed by atoms with van der Waals surface area (Å²) in [5.41, 5.74) is 5.98. The predicted octanol–water partition coefficient (Wildman–Crippen LogP) is 1.30. The Balaban J connectivity index is 0. The maximum absolute atomic E-state index is 8.70. The third-order valence-electron chi connectivity index (χ3n) is 0.893. The first-order valence-electron chi connectivity index (χ1n) is 2.33. The van der Waals surface area contributed by atoms with Gasteiger partial charge in [-0.05, 0) is 24.3 Å². The summed E-state index contributed by atoms with van der Waals surface area (Å²) in [7, 11) is 0. The number of phenols is 1. The van der Waals surface area contributed by atoms with Crippen molar-refractivity contribution < 1.29 is 5.11 Å². The van der Waals surface area contributed by atoms with Crippen LogP contribution in [0.15, 0.2) is 24.3 Å². The molecule has 0 spiro atoms. The molecule has 0 saturated carbocycles. The lowest BCUT2D eigenvalue weighted by Crippen LogP contribution is -1.80. The third-order valence-corrected chi connectivity index (χ3v) is 0.893. The molecule has 9 N–H and O–H groups in total. The molecule has 0 saturated heterocycles. The summed E-state index contributed by atoms with van der Waals surface area (Å²) in [4.78, 5) is 0. The fraction of sp³-hybridized carbons (Fsp3) is 0. The van der Waals surface area contributed by atoms with E-state index in [4.69, 9.17) is 10.8 Å². The average Bonchev–Trinajstić information content (AvgIpc) is 1.77. The van der Waals surface area contributed by atoms with E-state index in [2.05, 4.69) is 0 Å². The van der Waals surface area contributed by atoms with Gasteiger partial charge in [0.25, 0.3) is 0 Å². The lowest BCUT2D eigenvalue weighted by Gasteiger charge is -1.89. The topological polar surface area (TPSA) is 116 Å². The van der Waals surface area contributed by atoms with Gasteiger partial charge in [0.2, 0.25) is 0 Å². The SMILES string of the molecule is N.N.Nc1ccc(O)cc1. The highest BCUT2D eigenvalue weighted by Crippen LogP contribution is 2.09. The highest BCUT2D eigenvalue weighted by Gasteiger charge is 1.82. The minimum atomic E-state index is 0. The van der Waals surface area contributed by atoms with E-state index in [1.807, 2.05) is 0 Å². The zero-order valence-electron chi connectivity index (χ0n) is 5.75. The van der Waals surface area contributed by atoms with E-state index in [0.717, 1.165) is 0 Å². The number of nitrogen functional groups attached to an aromatic ring is 1. The Kier molecular flexibility index (Phi) is 5.31. The standard InChI is InChI=1S/C6H7NO.2H3N/c7-5-1-3-6(8)4-2-5;;/h1-4,8H,7H2;2*1H3. The van der Waals surface area contributed by atoms with Gasteiger partial charge < -0.3 is 23.1 Å². The number of hydrogen-bond acceptors (Lipinski definition) is 4. The number of phenolic OH excluding ortho intramolecular Hbond substituents is 1. The molecule has 0 unspecified atom stereocenters. The second-order valence-corrected chi connectivity index (χ2v) is 1.59. The van der Waals surface area contributed by atoms with Gasteiger partial charge in [-0.15, -0.1) is 0 Å². The highest BCUT2D eigenvalue weighted by molar-refractivity contribution is 5.40. The molecule has 4 heteroatoms. The molecule has 10 heavy (non-hydrogen) atoms. The first kappa shape index (κ1) is 11.5. The molecule has 4 nitrogen and oxygen atoms in total.